The van der Waals surface area contributed by atoms with Crippen LogP contribution < -0.4 is 10.0 Å². The average Bonchev–Trinajstić information content (AvgIpc) is 2.14. The Bertz CT molecular complexity index is 300. The maximum atomic E-state index is 11.3. The van der Waals surface area contributed by atoms with Gasteiger partial charge in [0.25, 0.3) is 0 Å². The normalized spacial score (nSPS) is 12.6. The maximum Gasteiger partial charge on any atom is 0.226 e. The first kappa shape index (κ1) is 13.7. The van der Waals surface area contributed by atoms with Crippen LogP contribution in [0.1, 0.15) is 13.8 Å². The number of alkyl halides is 1. The van der Waals surface area contributed by atoms with Crippen molar-refractivity contribution in [2.45, 2.75) is 13.8 Å². The molecule has 0 aliphatic rings. The molecule has 14 heavy (non-hydrogen) atoms. The number of sulfonamides is 1. The minimum absolute atomic E-state index is 0.0295. The Morgan fingerprint density at radius 3 is 2.29 bits per heavy atom. The van der Waals surface area contributed by atoms with Gasteiger partial charge in [0.1, 0.15) is 5.21 Å². The van der Waals surface area contributed by atoms with E-state index in [0.717, 1.165) is 0 Å². The molecule has 0 spiro atoms. The molecule has 0 atom stereocenters. The Morgan fingerprint density at radius 2 is 1.93 bits per heavy atom. The van der Waals surface area contributed by atoms with Crippen molar-refractivity contribution in [3.8, 4) is 0 Å². The molecule has 0 aromatic rings. The fraction of sp³-hybridized carbons (Fsp3) is 0.857. The van der Waals surface area contributed by atoms with Crippen molar-refractivity contribution in [3.05, 3.63) is 0 Å². The van der Waals surface area contributed by atoms with Gasteiger partial charge in [-0.05, 0) is 13.8 Å². The summed E-state index contributed by atoms with van der Waals surface area (Å²) < 4.78 is 24.2. The highest BCUT2D eigenvalue weighted by atomic mass is 35.5. The van der Waals surface area contributed by atoms with Crippen LogP contribution in [0.15, 0.2) is 0 Å². The Kier molecular flexibility index (Phi) is 4.83. The molecule has 0 aliphatic heterocycles. The highest BCUT2D eigenvalue weighted by Gasteiger charge is 2.27. The second kappa shape index (κ2) is 4.95. The first-order valence-electron chi connectivity index (χ1n) is 4.00. The summed E-state index contributed by atoms with van der Waals surface area (Å²) in [6.45, 7) is 3.31. The van der Waals surface area contributed by atoms with Gasteiger partial charge < -0.3 is 5.32 Å². The van der Waals surface area contributed by atoms with E-state index in [4.69, 9.17) is 11.6 Å². The molecule has 0 aromatic carbocycles. The molecule has 0 rings (SSSR count). The lowest BCUT2D eigenvalue weighted by Crippen LogP contribution is -2.43. The lowest BCUT2D eigenvalue weighted by molar-refractivity contribution is -0.128. The first-order valence-corrected chi connectivity index (χ1v) is 6.19. The Balaban J connectivity index is 4.33. The number of hydrogen-bond donors (Lipinski definition) is 2. The van der Waals surface area contributed by atoms with Crippen LogP contribution in [0.2, 0.25) is 0 Å². The molecule has 0 aliphatic carbocycles. The maximum absolute atomic E-state index is 11.3. The summed E-state index contributed by atoms with van der Waals surface area (Å²) in [5.74, 6) is -0.227. The van der Waals surface area contributed by atoms with Crippen LogP contribution in [0.5, 0.6) is 0 Å². The van der Waals surface area contributed by atoms with E-state index >= 15 is 0 Å². The Hall–Kier alpha value is -0.330. The molecular weight excluding hydrogens is 228 g/mol. The number of rotatable bonds is 5. The van der Waals surface area contributed by atoms with Gasteiger partial charge >= 0.3 is 0 Å². The van der Waals surface area contributed by atoms with Crippen LogP contribution in [-0.4, -0.2) is 33.1 Å². The van der Waals surface area contributed by atoms with Gasteiger partial charge in [-0.1, -0.05) is 0 Å². The molecule has 0 radical (unpaired) electrons. The number of carbonyl (C=O) groups excluding carboxylic acids is 1. The van der Waals surface area contributed by atoms with Crippen LogP contribution >= 0.6 is 11.6 Å². The topological polar surface area (TPSA) is 75.3 Å². The third-order valence-corrected chi connectivity index (χ3v) is 3.45. The highest BCUT2D eigenvalue weighted by molar-refractivity contribution is 7.90. The summed E-state index contributed by atoms with van der Waals surface area (Å²) in [5.41, 5.74) is -0.784. The van der Waals surface area contributed by atoms with Gasteiger partial charge in [-0.3, -0.25) is 4.79 Å². The van der Waals surface area contributed by atoms with Gasteiger partial charge in [0.05, 0.1) is 5.41 Å². The zero-order valence-electron chi connectivity index (χ0n) is 8.43. The SMILES string of the molecule is CNC(=O)C(C)(C)CNS(=O)(=O)CCl. The van der Waals surface area contributed by atoms with E-state index in [0.29, 0.717) is 0 Å². The highest BCUT2D eigenvalue weighted by Crippen LogP contribution is 2.13. The molecule has 0 saturated carbocycles. The summed E-state index contributed by atoms with van der Waals surface area (Å²) in [4.78, 5) is 11.3. The quantitative estimate of drug-likeness (QED) is 0.660. The van der Waals surface area contributed by atoms with E-state index in [2.05, 4.69) is 10.0 Å². The van der Waals surface area contributed by atoms with E-state index in [1.807, 2.05) is 0 Å². The molecule has 0 aromatic heterocycles. The van der Waals surface area contributed by atoms with Crippen LogP contribution in [0, 0.1) is 5.41 Å². The fourth-order valence-corrected chi connectivity index (χ4v) is 1.64. The van der Waals surface area contributed by atoms with Crippen LogP contribution in [0.4, 0.5) is 0 Å². The molecule has 0 bridgehead atoms. The lowest BCUT2D eigenvalue weighted by Gasteiger charge is -2.22. The minimum Gasteiger partial charge on any atom is -0.359 e. The van der Waals surface area contributed by atoms with Crippen molar-refractivity contribution in [2.24, 2.45) is 5.41 Å². The van der Waals surface area contributed by atoms with Gasteiger partial charge in [0.15, 0.2) is 0 Å². The first-order chi connectivity index (χ1) is 6.25. The molecule has 7 heteroatoms. The summed E-state index contributed by atoms with van der Waals surface area (Å²) >= 11 is 5.18. The molecule has 2 N–H and O–H groups in total. The van der Waals surface area contributed by atoms with Crippen molar-refractivity contribution in [3.63, 3.8) is 0 Å². The smallest absolute Gasteiger partial charge is 0.226 e. The molecule has 1 amide bonds. The van der Waals surface area contributed by atoms with Gasteiger partial charge in [-0.15, -0.1) is 11.6 Å². The zero-order valence-corrected chi connectivity index (χ0v) is 10.00. The predicted molar refractivity (Wildman–Crippen MR) is 55.5 cm³/mol. The van der Waals surface area contributed by atoms with Gasteiger partial charge in [0, 0.05) is 13.6 Å². The number of halogens is 1. The molecule has 0 fully saturated rings. The Morgan fingerprint density at radius 1 is 1.43 bits per heavy atom. The molecule has 84 valence electrons. The average molecular weight is 243 g/mol. The summed E-state index contributed by atoms with van der Waals surface area (Å²) in [5, 5.41) is 1.95. The van der Waals surface area contributed by atoms with E-state index < -0.39 is 20.7 Å². The molecule has 5 nitrogen and oxygen atoms in total. The Labute approximate surface area is 89.3 Å². The standard InChI is InChI=1S/C7H15ClN2O3S/c1-7(2,6(11)9-3)4-10-14(12,13)5-8/h10H,4-5H2,1-3H3,(H,9,11). The van der Waals surface area contributed by atoms with Crippen molar-refractivity contribution in [1.29, 1.82) is 0 Å². The lowest BCUT2D eigenvalue weighted by atomic mass is 9.93. The third kappa shape index (κ3) is 4.26. The summed E-state index contributed by atoms with van der Waals surface area (Å²) in [6, 6.07) is 0. The largest absolute Gasteiger partial charge is 0.359 e. The summed E-state index contributed by atoms with van der Waals surface area (Å²) in [6.07, 6.45) is 0. The summed E-state index contributed by atoms with van der Waals surface area (Å²) in [7, 11) is -1.96. The van der Waals surface area contributed by atoms with Crippen molar-refractivity contribution >= 4 is 27.5 Å². The van der Waals surface area contributed by atoms with Crippen LogP contribution in [-0.2, 0) is 14.8 Å². The van der Waals surface area contributed by atoms with Crippen molar-refractivity contribution < 1.29 is 13.2 Å². The van der Waals surface area contributed by atoms with Crippen LogP contribution in [0.25, 0.3) is 0 Å². The number of amides is 1. The molecule has 0 unspecified atom stereocenters. The number of carbonyl (C=O) groups is 1. The van der Waals surface area contributed by atoms with Crippen molar-refractivity contribution in [2.75, 3.05) is 18.8 Å². The van der Waals surface area contributed by atoms with Gasteiger partial charge in [-0.2, -0.15) is 0 Å². The molecule has 0 saturated heterocycles. The second-order valence-electron chi connectivity index (χ2n) is 3.51. The second-order valence-corrected chi connectivity index (χ2v) is 5.90. The number of hydrogen-bond acceptors (Lipinski definition) is 3. The van der Waals surface area contributed by atoms with E-state index in [1.165, 1.54) is 7.05 Å². The fourth-order valence-electron chi connectivity index (χ4n) is 0.748. The van der Waals surface area contributed by atoms with Gasteiger partial charge in [0.2, 0.25) is 15.9 Å². The monoisotopic (exact) mass is 242 g/mol. The van der Waals surface area contributed by atoms with E-state index in [9.17, 15) is 13.2 Å². The molecular formula is C7H15ClN2O3S. The van der Waals surface area contributed by atoms with E-state index in [1.54, 1.807) is 13.8 Å². The van der Waals surface area contributed by atoms with Crippen LogP contribution in [0.3, 0.4) is 0 Å². The minimum atomic E-state index is -3.46. The van der Waals surface area contributed by atoms with Gasteiger partial charge in [-0.25, -0.2) is 13.1 Å². The third-order valence-electron chi connectivity index (χ3n) is 1.72. The predicted octanol–water partition coefficient (Wildman–Crippen LogP) is -0.126. The van der Waals surface area contributed by atoms with E-state index in [-0.39, 0.29) is 12.5 Å². The molecule has 0 heterocycles. The zero-order chi connectivity index (χ0) is 11.4. The van der Waals surface area contributed by atoms with Crippen molar-refractivity contribution in [1.82, 2.24) is 10.0 Å². The number of nitrogens with one attached hydrogen (secondary N) is 2.